The van der Waals surface area contributed by atoms with Gasteiger partial charge in [0.25, 0.3) is 0 Å². The predicted molar refractivity (Wildman–Crippen MR) is 106 cm³/mol. The predicted octanol–water partition coefficient (Wildman–Crippen LogP) is 4.60. The van der Waals surface area contributed by atoms with Crippen molar-refractivity contribution in [3.63, 3.8) is 0 Å². The molecule has 0 aliphatic heterocycles. The van der Waals surface area contributed by atoms with Crippen LogP contribution in [0, 0.1) is 0 Å². The molecule has 138 valence electrons. The minimum absolute atomic E-state index is 0.0464. The molecule has 0 saturated carbocycles. The SMILES string of the molecule is O=C(Cc1csc(-c2c(Cl)cccc2Cl)n1)NC(C(=O)O)c1ccccc1. The topological polar surface area (TPSA) is 79.3 Å². The molecule has 0 fully saturated rings. The molecule has 1 unspecified atom stereocenters. The quantitative estimate of drug-likeness (QED) is 0.610. The summed E-state index contributed by atoms with van der Waals surface area (Å²) in [5.41, 5.74) is 1.63. The maximum absolute atomic E-state index is 12.3. The van der Waals surface area contributed by atoms with Crippen molar-refractivity contribution in [1.29, 1.82) is 0 Å². The largest absolute Gasteiger partial charge is 0.479 e. The van der Waals surface area contributed by atoms with E-state index in [2.05, 4.69) is 10.3 Å². The molecule has 0 radical (unpaired) electrons. The third-order valence-electron chi connectivity index (χ3n) is 3.76. The first-order valence-corrected chi connectivity index (χ1v) is 9.55. The smallest absolute Gasteiger partial charge is 0.330 e. The summed E-state index contributed by atoms with van der Waals surface area (Å²) >= 11 is 13.7. The van der Waals surface area contributed by atoms with Crippen molar-refractivity contribution in [3.8, 4) is 10.6 Å². The van der Waals surface area contributed by atoms with E-state index in [4.69, 9.17) is 23.2 Å². The van der Waals surface area contributed by atoms with E-state index in [1.54, 1.807) is 53.9 Å². The number of halogens is 2. The average molecular weight is 421 g/mol. The van der Waals surface area contributed by atoms with Crippen molar-refractivity contribution in [2.75, 3.05) is 0 Å². The molecule has 3 aromatic rings. The van der Waals surface area contributed by atoms with Gasteiger partial charge in [-0.3, -0.25) is 4.79 Å². The fourth-order valence-electron chi connectivity index (χ4n) is 2.51. The van der Waals surface area contributed by atoms with Crippen LogP contribution in [-0.4, -0.2) is 22.0 Å². The number of carbonyl (C=O) groups excluding carboxylic acids is 1. The van der Waals surface area contributed by atoms with E-state index in [1.807, 2.05) is 0 Å². The lowest BCUT2D eigenvalue weighted by molar-refractivity contribution is -0.142. The molecule has 2 N–H and O–H groups in total. The highest BCUT2D eigenvalue weighted by Crippen LogP contribution is 2.36. The van der Waals surface area contributed by atoms with Crippen LogP contribution in [0.1, 0.15) is 17.3 Å². The molecule has 0 aliphatic rings. The van der Waals surface area contributed by atoms with Gasteiger partial charge in [0, 0.05) is 10.9 Å². The Hall–Kier alpha value is -2.41. The molecule has 1 atom stereocenters. The molecule has 1 amide bonds. The first-order chi connectivity index (χ1) is 13.0. The highest BCUT2D eigenvalue weighted by Gasteiger charge is 2.22. The monoisotopic (exact) mass is 420 g/mol. The van der Waals surface area contributed by atoms with Gasteiger partial charge >= 0.3 is 5.97 Å². The first-order valence-electron chi connectivity index (χ1n) is 7.91. The standard InChI is InChI=1S/C19H14Cl2N2O3S/c20-13-7-4-8-14(21)16(13)18-22-12(10-27-18)9-15(24)23-17(19(25)26)11-5-2-1-3-6-11/h1-8,10,17H,9H2,(H,23,24)(H,25,26). The molecule has 8 heteroatoms. The number of aromatic nitrogens is 1. The second kappa shape index (κ2) is 8.52. The van der Waals surface area contributed by atoms with Crippen molar-refractivity contribution >= 4 is 46.4 Å². The van der Waals surface area contributed by atoms with Crippen LogP contribution in [0.15, 0.2) is 53.9 Å². The van der Waals surface area contributed by atoms with Crippen molar-refractivity contribution < 1.29 is 14.7 Å². The highest BCUT2D eigenvalue weighted by atomic mass is 35.5. The van der Waals surface area contributed by atoms with Gasteiger partial charge in [-0.1, -0.05) is 59.6 Å². The number of rotatable bonds is 6. The molecule has 0 bridgehead atoms. The van der Waals surface area contributed by atoms with Crippen LogP contribution < -0.4 is 5.32 Å². The highest BCUT2D eigenvalue weighted by molar-refractivity contribution is 7.13. The van der Waals surface area contributed by atoms with E-state index in [0.29, 0.717) is 31.9 Å². The number of hydrogen-bond acceptors (Lipinski definition) is 4. The number of nitrogens with one attached hydrogen (secondary N) is 1. The van der Waals surface area contributed by atoms with Gasteiger partial charge in [-0.2, -0.15) is 0 Å². The Morgan fingerprint density at radius 1 is 1.07 bits per heavy atom. The van der Waals surface area contributed by atoms with Gasteiger partial charge in [0.05, 0.1) is 22.2 Å². The Kier molecular flexibility index (Phi) is 6.11. The second-order valence-electron chi connectivity index (χ2n) is 5.67. The summed E-state index contributed by atoms with van der Waals surface area (Å²) in [4.78, 5) is 28.2. The van der Waals surface area contributed by atoms with Crippen LogP contribution in [-0.2, 0) is 16.0 Å². The van der Waals surface area contributed by atoms with Crippen LogP contribution in [0.4, 0.5) is 0 Å². The van der Waals surface area contributed by atoms with E-state index < -0.39 is 17.9 Å². The minimum Gasteiger partial charge on any atom is -0.479 e. The molecular weight excluding hydrogens is 407 g/mol. The molecule has 0 aliphatic carbocycles. The number of amides is 1. The van der Waals surface area contributed by atoms with Crippen molar-refractivity contribution in [2.45, 2.75) is 12.5 Å². The van der Waals surface area contributed by atoms with Crippen molar-refractivity contribution in [2.24, 2.45) is 0 Å². The summed E-state index contributed by atoms with van der Waals surface area (Å²) in [7, 11) is 0. The van der Waals surface area contributed by atoms with Crippen LogP contribution in [0.5, 0.6) is 0 Å². The molecular formula is C19H14Cl2N2O3S. The summed E-state index contributed by atoms with van der Waals surface area (Å²) in [6.07, 6.45) is -0.0464. The zero-order chi connectivity index (χ0) is 19.4. The van der Waals surface area contributed by atoms with Gasteiger partial charge in [0.2, 0.25) is 5.91 Å². The average Bonchev–Trinajstić information content (AvgIpc) is 3.08. The number of thiazole rings is 1. The van der Waals surface area contributed by atoms with Gasteiger partial charge in [0.15, 0.2) is 6.04 Å². The lowest BCUT2D eigenvalue weighted by atomic mass is 10.1. The zero-order valence-electron chi connectivity index (χ0n) is 13.9. The van der Waals surface area contributed by atoms with Crippen LogP contribution in [0.25, 0.3) is 10.6 Å². The molecule has 1 aromatic heterocycles. The maximum atomic E-state index is 12.3. The number of carboxylic acid groups (broad SMARTS) is 1. The Labute approximate surface area is 169 Å². The Bertz CT molecular complexity index is 956. The Balaban J connectivity index is 1.73. The zero-order valence-corrected chi connectivity index (χ0v) is 16.2. The molecule has 2 aromatic carbocycles. The van der Waals surface area contributed by atoms with Gasteiger partial charge < -0.3 is 10.4 Å². The van der Waals surface area contributed by atoms with Crippen LogP contribution in [0.2, 0.25) is 10.0 Å². The summed E-state index contributed by atoms with van der Waals surface area (Å²) < 4.78 is 0. The number of hydrogen-bond donors (Lipinski definition) is 2. The van der Waals surface area contributed by atoms with Gasteiger partial charge in [-0.25, -0.2) is 9.78 Å². The summed E-state index contributed by atoms with van der Waals surface area (Å²) in [5, 5.41) is 15.2. The molecule has 5 nitrogen and oxygen atoms in total. The number of aliphatic carboxylic acids is 1. The number of benzene rings is 2. The molecule has 3 rings (SSSR count). The summed E-state index contributed by atoms with van der Waals surface area (Å²) in [6, 6.07) is 12.6. The lowest BCUT2D eigenvalue weighted by Crippen LogP contribution is -2.34. The van der Waals surface area contributed by atoms with Crippen LogP contribution in [0.3, 0.4) is 0 Å². The fourth-order valence-corrected chi connectivity index (χ4v) is 4.09. The van der Waals surface area contributed by atoms with Crippen molar-refractivity contribution in [3.05, 3.63) is 75.2 Å². The minimum atomic E-state index is -1.13. The molecule has 27 heavy (non-hydrogen) atoms. The second-order valence-corrected chi connectivity index (χ2v) is 7.34. The van der Waals surface area contributed by atoms with Crippen LogP contribution >= 0.6 is 34.5 Å². The molecule has 0 spiro atoms. The van der Waals surface area contributed by atoms with Gasteiger partial charge in [-0.15, -0.1) is 11.3 Å². The number of carbonyl (C=O) groups is 2. The van der Waals surface area contributed by atoms with E-state index in [9.17, 15) is 14.7 Å². The third-order valence-corrected chi connectivity index (χ3v) is 5.29. The lowest BCUT2D eigenvalue weighted by Gasteiger charge is -2.14. The van der Waals surface area contributed by atoms with Crippen molar-refractivity contribution in [1.82, 2.24) is 10.3 Å². The van der Waals surface area contributed by atoms with Gasteiger partial charge in [0.1, 0.15) is 5.01 Å². The third kappa shape index (κ3) is 4.66. The molecule has 0 saturated heterocycles. The summed E-state index contributed by atoms with van der Waals surface area (Å²) in [5.74, 6) is -1.57. The van der Waals surface area contributed by atoms with E-state index >= 15 is 0 Å². The van der Waals surface area contributed by atoms with Gasteiger partial charge in [-0.05, 0) is 17.7 Å². The van der Waals surface area contributed by atoms with E-state index in [-0.39, 0.29) is 6.42 Å². The normalized spacial score (nSPS) is 11.8. The van der Waals surface area contributed by atoms with E-state index in [1.165, 1.54) is 11.3 Å². The Morgan fingerprint density at radius 2 is 1.74 bits per heavy atom. The van der Waals surface area contributed by atoms with E-state index in [0.717, 1.165) is 0 Å². The number of nitrogens with zero attached hydrogens (tertiary/aromatic N) is 1. The Morgan fingerprint density at radius 3 is 2.37 bits per heavy atom. The first kappa shape index (κ1) is 19.4. The fraction of sp³-hybridized carbons (Fsp3) is 0.105. The number of carboxylic acids is 1. The maximum Gasteiger partial charge on any atom is 0.330 e. The summed E-state index contributed by atoms with van der Waals surface area (Å²) in [6.45, 7) is 0. The molecule has 1 heterocycles.